The summed E-state index contributed by atoms with van der Waals surface area (Å²) in [6.07, 6.45) is 1.04. The lowest BCUT2D eigenvalue weighted by molar-refractivity contribution is 0.0435. The number of carbonyl (C=O) groups excluding carboxylic acids is 1. The van der Waals surface area contributed by atoms with E-state index in [1.807, 2.05) is 24.0 Å². The van der Waals surface area contributed by atoms with Gasteiger partial charge in [-0.1, -0.05) is 26.0 Å². The Bertz CT molecular complexity index is 563. The number of hydrogen-bond donors (Lipinski definition) is 1. The number of amides is 2. The van der Waals surface area contributed by atoms with Crippen molar-refractivity contribution in [2.24, 2.45) is 5.92 Å². The number of nitrogens with zero attached hydrogens (tertiary/aromatic N) is 2. The van der Waals surface area contributed by atoms with Crippen molar-refractivity contribution >= 4 is 6.03 Å². The van der Waals surface area contributed by atoms with E-state index in [1.54, 1.807) is 12.1 Å². The summed E-state index contributed by atoms with van der Waals surface area (Å²) in [5, 5.41) is 11.8. The van der Waals surface area contributed by atoms with Gasteiger partial charge in [0.15, 0.2) is 0 Å². The highest BCUT2D eigenvalue weighted by atomic mass is 16.5. The first-order chi connectivity index (χ1) is 11.0. The molecule has 1 aromatic rings. The van der Waals surface area contributed by atoms with Gasteiger partial charge in [0.25, 0.3) is 0 Å². The SMILES string of the molecule is CC(C)CO[C@@H]1CCN(C(=O)N[C@H](C)c2ccc(C#N)cc2)C1. The zero-order chi connectivity index (χ0) is 16.8. The highest BCUT2D eigenvalue weighted by molar-refractivity contribution is 5.75. The Labute approximate surface area is 138 Å². The molecule has 5 nitrogen and oxygen atoms in total. The number of rotatable bonds is 5. The highest BCUT2D eigenvalue weighted by Gasteiger charge is 2.27. The molecule has 1 fully saturated rings. The standard InChI is InChI=1S/C18H25N3O2/c1-13(2)12-23-17-8-9-21(11-17)18(22)20-14(3)16-6-4-15(10-19)5-7-16/h4-7,13-14,17H,8-9,11-12H2,1-3H3,(H,20,22)/t14-,17-/m1/s1. The van der Waals surface area contributed by atoms with Crippen LogP contribution in [0.1, 0.15) is 44.4 Å². The normalized spacial score (nSPS) is 18.7. The van der Waals surface area contributed by atoms with E-state index in [2.05, 4.69) is 25.2 Å². The maximum Gasteiger partial charge on any atom is 0.317 e. The first-order valence-electron chi connectivity index (χ1n) is 8.16. The van der Waals surface area contributed by atoms with Gasteiger partial charge in [-0.05, 0) is 37.0 Å². The Morgan fingerprint density at radius 1 is 1.39 bits per heavy atom. The fourth-order valence-corrected chi connectivity index (χ4v) is 2.58. The van der Waals surface area contributed by atoms with Crippen LogP contribution in [0.3, 0.4) is 0 Å². The summed E-state index contributed by atoms with van der Waals surface area (Å²) in [4.78, 5) is 14.2. The first-order valence-corrected chi connectivity index (χ1v) is 8.16. The quantitative estimate of drug-likeness (QED) is 0.908. The van der Waals surface area contributed by atoms with E-state index in [1.165, 1.54) is 0 Å². The molecule has 2 amide bonds. The molecule has 124 valence electrons. The number of nitriles is 1. The van der Waals surface area contributed by atoms with Crippen LogP contribution in [0, 0.1) is 17.2 Å². The van der Waals surface area contributed by atoms with Crippen LogP contribution in [0.2, 0.25) is 0 Å². The first kappa shape index (κ1) is 17.3. The monoisotopic (exact) mass is 315 g/mol. The minimum Gasteiger partial charge on any atom is -0.376 e. The third kappa shape index (κ3) is 4.97. The van der Waals surface area contributed by atoms with Crippen molar-refractivity contribution in [3.63, 3.8) is 0 Å². The zero-order valence-electron chi connectivity index (χ0n) is 14.1. The number of carbonyl (C=O) groups is 1. The molecule has 1 aliphatic rings. The van der Waals surface area contributed by atoms with Gasteiger partial charge in [-0.2, -0.15) is 5.26 Å². The minimum absolute atomic E-state index is 0.0579. The summed E-state index contributed by atoms with van der Waals surface area (Å²) in [7, 11) is 0. The van der Waals surface area contributed by atoms with Crippen LogP contribution in [0.25, 0.3) is 0 Å². The molecule has 0 saturated carbocycles. The summed E-state index contributed by atoms with van der Waals surface area (Å²) in [6.45, 7) is 8.31. The van der Waals surface area contributed by atoms with Gasteiger partial charge in [0.2, 0.25) is 0 Å². The molecule has 1 aliphatic heterocycles. The molecule has 1 N–H and O–H groups in total. The number of likely N-dealkylation sites (tertiary alicyclic amines) is 1. The fourth-order valence-electron chi connectivity index (χ4n) is 2.58. The third-order valence-electron chi connectivity index (χ3n) is 3.98. The predicted molar refractivity (Wildman–Crippen MR) is 88.9 cm³/mol. The maximum atomic E-state index is 12.3. The molecule has 1 saturated heterocycles. The van der Waals surface area contributed by atoms with Gasteiger partial charge in [-0.3, -0.25) is 0 Å². The highest BCUT2D eigenvalue weighted by Crippen LogP contribution is 2.17. The van der Waals surface area contributed by atoms with E-state index in [4.69, 9.17) is 10.00 Å². The summed E-state index contributed by atoms with van der Waals surface area (Å²) >= 11 is 0. The lowest BCUT2D eigenvalue weighted by Gasteiger charge is -2.21. The second-order valence-corrected chi connectivity index (χ2v) is 6.49. The van der Waals surface area contributed by atoms with Crippen LogP contribution in [-0.2, 0) is 4.74 Å². The molecule has 0 aliphatic carbocycles. The van der Waals surface area contributed by atoms with E-state index in [-0.39, 0.29) is 18.2 Å². The molecule has 2 rings (SSSR count). The van der Waals surface area contributed by atoms with Crippen molar-refractivity contribution in [1.29, 1.82) is 5.26 Å². The van der Waals surface area contributed by atoms with Gasteiger partial charge in [-0.15, -0.1) is 0 Å². The van der Waals surface area contributed by atoms with E-state index < -0.39 is 0 Å². The number of benzene rings is 1. The molecule has 0 radical (unpaired) electrons. The molecule has 0 spiro atoms. The number of ether oxygens (including phenoxy) is 1. The third-order valence-corrected chi connectivity index (χ3v) is 3.98. The van der Waals surface area contributed by atoms with Crippen LogP contribution in [0.4, 0.5) is 4.79 Å². The lowest BCUT2D eigenvalue weighted by atomic mass is 10.1. The largest absolute Gasteiger partial charge is 0.376 e. The molecule has 0 unspecified atom stereocenters. The number of urea groups is 1. The smallest absolute Gasteiger partial charge is 0.317 e. The van der Waals surface area contributed by atoms with Gasteiger partial charge in [0.1, 0.15) is 0 Å². The second-order valence-electron chi connectivity index (χ2n) is 6.49. The van der Waals surface area contributed by atoms with E-state index in [0.717, 1.165) is 25.1 Å². The van der Waals surface area contributed by atoms with Crippen LogP contribution in [0.15, 0.2) is 24.3 Å². The molecule has 2 atom stereocenters. The summed E-state index contributed by atoms with van der Waals surface area (Å²) < 4.78 is 5.81. The van der Waals surface area contributed by atoms with Crippen LogP contribution in [0.5, 0.6) is 0 Å². The fraction of sp³-hybridized carbons (Fsp3) is 0.556. The van der Waals surface area contributed by atoms with Gasteiger partial charge in [-0.25, -0.2) is 4.79 Å². The molecule has 0 aromatic heterocycles. The van der Waals surface area contributed by atoms with E-state index in [0.29, 0.717) is 18.0 Å². The predicted octanol–water partition coefficient (Wildman–Crippen LogP) is 3.08. The molecular formula is C18H25N3O2. The summed E-state index contributed by atoms with van der Waals surface area (Å²) in [5.74, 6) is 0.509. The van der Waals surface area contributed by atoms with Crippen molar-refractivity contribution in [2.75, 3.05) is 19.7 Å². The average Bonchev–Trinajstić information content (AvgIpc) is 3.02. The van der Waals surface area contributed by atoms with Crippen molar-refractivity contribution < 1.29 is 9.53 Å². The van der Waals surface area contributed by atoms with Crippen molar-refractivity contribution in [3.8, 4) is 6.07 Å². The topological polar surface area (TPSA) is 65.4 Å². The molecule has 1 aromatic carbocycles. The van der Waals surface area contributed by atoms with Crippen LogP contribution in [-0.4, -0.2) is 36.7 Å². The van der Waals surface area contributed by atoms with Gasteiger partial charge < -0.3 is 15.0 Å². The van der Waals surface area contributed by atoms with E-state index >= 15 is 0 Å². The summed E-state index contributed by atoms with van der Waals surface area (Å²) in [6, 6.07) is 9.23. The zero-order valence-corrected chi connectivity index (χ0v) is 14.1. The van der Waals surface area contributed by atoms with Crippen molar-refractivity contribution in [2.45, 2.75) is 39.3 Å². The van der Waals surface area contributed by atoms with Crippen molar-refractivity contribution in [1.82, 2.24) is 10.2 Å². The Morgan fingerprint density at radius 2 is 2.09 bits per heavy atom. The average molecular weight is 315 g/mol. The van der Waals surface area contributed by atoms with Gasteiger partial charge >= 0.3 is 6.03 Å². The maximum absolute atomic E-state index is 12.3. The molecule has 0 bridgehead atoms. The van der Waals surface area contributed by atoms with Crippen LogP contribution < -0.4 is 5.32 Å². The molecular weight excluding hydrogens is 290 g/mol. The van der Waals surface area contributed by atoms with Gasteiger partial charge in [0.05, 0.1) is 23.8 Å². The minimum atomic E-state index is -0.0918. The Morgan fingerprint density at radius 3 is 2.70 bits per heavy atom. The van der Waals surface area contributed by atoms with Gasteiger partial charge in [0, 0.05) is 19.7 Å². The Balaban J connectivity index is 1.83. The lowest BCUT2D eigenvalue weighted by Crippen LogP contribution is -2.40. The molecule has 5 heteroatoms. The van der Waals surface area contributed by atoms with Crippen molar-refractivity contribution in [3.05, 3.63) is 35.4 Å². The number of hydrogen-bond acceptors (Lipinski definition) is 3. The number of nitrogens with one attached hydrogen (secondary N) is 1. The van der Waals surface area contributed by atoms with E-state index in [9.17, 15) is 4.79 Å². The second kappa shape index (κ2) is 7.98. The molecule has 1 heterocycles. The van der Waals surface area contributed by atoms with Crippen LogP contribution >= 0.6 is 0 Å². The molecule has 23 heavy (non-hydrogen) atoms. The Hall–Kier alpha value is -2.06. The Kier molecular flexibility index (Phi) is 6.00. The summed E-state index contributed by atoms with van der Waals surface area (Å²) in [5.41, 5.74) is 1.61.